The summed E-state index contributed by atoms with van der Waals surface area (Å²) < 4.78 is 25.1. The van der Waals surface area contributed by atoms with Crippen molar-refractivity contribution in [1.29, 1.82) is 0 Å². The third-order valence-electron chi connectivity index (χ3n) is 4.56. The topological polar surface area (TPSA) is 54.5 Å². The lowest BCUT2D eigenvalue weighted by molar-refractivity contribution is -0.135. The SMILES string of the molecule is CCC(CC)C(=O)N1CCC(c2ccccc2)S(=O)(=O)CC1. The second-order valence-corrected chi connectivity index (χ2v) is 8.20. The molecule has 0 aliphatic carbocycles. The lowest BCUT2D eigenvalue weighted by Crippen LogP contribution is -2.37. The normalized spacial score (nSPS) is 21.6. The number of sulfone groups is 1. The number of carbonyl (C=O) groups is 1. The van der Waals surface area contributed by atoms with Crippen LogP contribution in [0.25, 0.3) is 0 Å². The Labute approximate surface area is 133 Å². The first-order valence-electron chi connectivity index (χ1n) is 8.04. The molecule has 1 aliphatic heterocycles. The molecule has 0 spiro atoms. The van der Waals surface area contributed by atoms with Crippen LogP contribution in [0.15, 0.2) is 30.3 Å². The van der Waals surface area contributed by atoms with Gasteiger partial charge in [0.15, 0.2) is 9.84 Å². The Morgan fingerprint density at radius 3 is 2.41 bits per heavy atom. The molecule has 1 saturated heterocycles. The molecule has 0 N–H and O–H groups in total. The van der Waals surface area contributed by atoms with Gasteiger partial charge in [0.05, 0.1) is 11.0 Å². The maximum atomic E-state index is 12.5. The van der Waals surface area contributed by atoms with Gasteiger partial charge in [0.25, 0.3) is 0 Å². The molecule has 5 heteroatoms. The predicted octanol–water partition coefficient (Wildman–Crippen LogP) is 2.81. The Morgan fingerprint density at radius 1 is 1.18 bits per heavy atom. The van der Waals surface area contributed by atoms with Gasteiger partial charge in [-0.1, -0.05) is 44.2 Å². The van der Waals surface area contributed by atoms with E-state index in [1.165, 1.54) is 0 Å². The van der Waals surface area contributed by atoms with Crippen molar-refractivity contribution in [2.75, 3.05) is 18.8 Å². The molecule has 4 nitrogen and oxygen atoms in total. The van der Waals surface area contributed by atoms with Gasteiger partial charge in [-0.15, -0.1) is 0 Å². The fraction of sp³-hybridized carbons (Fsp3) is 0.588. The molecule has 0 bridgehead atoms. The first-order chi connectivity index (χ1) is 10.5. The summed E-state index contributed by atoms with van der Waals surface area (Å²) in [5.74, 6) is 0.170. The molecule has 1 aromatic carbocycles. The van der Waals surface area contributed by atoms with Crippen molar-refractivity contribution in [3.05, 3.63) is 35.9 Å². The summed E-state index contributed by atoms with van der Waals surface area (Å²) in [6.07, 6.45) is 2.10. The van der Waals surface area contributed by atoms with Crippen molar-refractivity contribution in [1.82, 2.24) is 4.90 Å². The average Bonchev–Trinajstić information content (AvgIpc) is 2.67. The molecule has 122 valence electrons. The second-order valence-electron chi connectivity index (χ2n) is 5.89. The van der Waals surface area contributed by atoms with E-state index in [1.807, 2.05) is 44.2 Å². The largest absolute Gasteiger partial charge is 0.341 e. The van der Waals surface area contributed by atoms with Crippen molar-refractivity contribution >= 4 is 15.7 Å². The highest BCUT2D eigenvalue weighted by Crippen LogP contribution is 2.30. The van der Waals surface area contributed by atoms with E-state index in [4.69, 9.17) is 0 Å². The maximum Gasteiger partial charge on any atom is 0.225 e. The number of nitrogens with zero attached hydrogens (tertiary/aromatic N) is 1. The highest BCUT2D eigenvalue weighted by Gasteiger charge is 2.33. The van der Waals surface area contributed by atoms with Crippen molar-refractivity contribution in [3.63, 3.8) is 0 Å². The zero-order chi connectivity index (χ0) is 16.2. The monoisotopic (exact) mass is 323 g/mol. The van der Waals surface area contributed by atoms with Gasteiger partial charge in [-0.3, -0.25) is 4.79 Å². The van der Waals surface area contributed by atoms with E-state index < -0.39 is 15.1 Å². The van der Waals surface area contributed by atoms with Gasteiger partial charge in [0, 0.05) is 19.0 Å². The van der Waals surface area contributed by atoms with E-state index in [9.17, 15) is 13.2 Å². The Hall–Kier alpha value is -1.36. The van der Waals surface area contributed by atoms with Gasteiger partial charge in [0.1, 0.15) is 0 Å². The van der Waals surface area contributed by atoms with Gasteiger partial charge in [-0.05, 0) is 24.8 Å². The number of benzene rings is 1. The Balaban J connectivity index is 2.18. The molecule has 1 aromatic rings. The standard InChI is InChI=1S/C17H25NO3S/c1-3-14(4-2)17(19)18-11-10-16(22(20,21)13-12-18)15-8-6-5-7-9-15/h5-9,14,16H,3-4,10-13H2,1-2H3. The van der Waals surface area contributed by atoms with Gasteiger partial charge in [0.2, 0.25) is 5.91 Å². The summed E-state index contributed by atoms with van der Waals surface area (Å²) in [6.45, 7) is 4.86. The molecule has 0 radical (unpaired) electrons. The Bertz CT molecular complexity index is 594. The van der Waals surface area contributed by atoms with Crippen LogP contribution in [0.5, 0.6) is 0 Å². The summed E-state index contributed by atoms with van der Waals surface area (Å²) in [5, 5.41) is -0.492. The fourth-order valence-electron chi connectivity index (χ4n) is 3.10. The zero-order valence-corrected chi connectivity index (χ0v) is 14.2. The van der Waals surface area contributed by atoms with Crippen LogP contribution in [-0.2, 0) is 14.6 Å². The third kappa shape index (κ3) is 3.69. The quantitative estimate of drug-likeness (QED) is 0.856. The lowest BCUT2D eigenvalue weighted by atomic mass is 10.0. The van der Waals surface area contributed by atoms with Gasteiger partial charge >= 0.3 is 0 Å². The highest BCUT2D eigenvalue weighted by molar-refractivity contribution is 7.91. The molecule has 2 rings (SSSR count). The summed E-state index contributed by atoms with van der Waals surface area (Å²) in [4.78, 5) is 14.2. The van der Waals surface area contributed by atoms with E-state index >= 15 is 0 Å². The number of amides is 1. The minimum Gasteiger partial charge on any atom is -0.341 e. The van der Waals surface area contributed by atoms with Gasteiger partial charge < -0.3 is 4.90 Å². The molecule has 1 heterocycles. The molecule has 22 heavy (non-hydrogen) atoms. The average molecular weight is 323 g/mol. The minimum absolute atomic E-state index is 0.0102. The summed E-state index contributed by atoms with van der Waals surface area (Å²) >= 11 is 0. The van der Waals surface area contributed by atoms with Crippen LogP contribution in [0.3, 0.4) is 0 Å². The second kappa shape index (κ2) is 7.27. The summed E-state index contributed by atoms with van der Waals surface area (Å²) in [5.41, 5.74) is 0.833. The molecular formula is C17H25NO3S. The predicted molar refractivity (Wildman–Crippen MR) is 88.2 cm³/mol. The Kier molecular flexibility index (Phi) is 5.62. The lowest BCUT2D eigenvalue weighted by Gasteiger charge is -2.24. The zero-order valence-electron chi connectivity index (χ0n) is 13.4. The van der Waals surface area contributed by atoms with Gasteiger partial charge in [-0.2, -0.15) is 0 Å². The molecule has 1 fully saturated rings. The molecule has 1 atom stereocenters. The molecular weight excluding hydrogens is 298 g/mol. The van der Waals surface area contributed by atoms with E-state index in [1.54, 1.807) is 4.90 Å². The number of rotatable bonds is 4. The van der Waals surface area contributed by atoms with Crippen LogP contribution >= 0.6 is 0 Å². The Morgan fingerprint density at radius 2 is 1.82 bits per heavy atom. The maximum absolute atomic E-state index is 12.5. The molecule has 0 aromatic heterocycles. The molecule has 1 unspecified atom stereocenters. The van der Waals surface area contributed by atoms with Crippen LogP contribution in [0.2, 0.25) is 0 Å². The van der Waals surface area contributed by atoms with E-state index in [2.05, 4.69) is 0 Å². The van der Waals surface area contributed by atoms with Crippen molar-refractivity contribution < 1.29 is 13.2 Å². The number of hydrogen-bond acceptors (Lipinski definition) is 3. The summed E-state index contributed by atoms with van der Waals surface area (Å²) in [7, 11) is -3.21. The van der Waals surface area contributed by atoms with Crippen molar-refractivity contribution in [2.45, 2.75) is 38.4 Å². The first-order valence-corrected chi connectivity index (χ1v) is 9.76. The highest BCUT2D eigenvalue weighted by atomic mass is 32.2. The van der Waals surface area contributed by atoms with E-state index in [-0.39, 0.29) is 17.6 Å². The molecule has 1 aliphatic rings. The van der Waals surface area contributed by atoms with Crippen LogP contribution in [0.4, 0.5) is 0 Å². The van der Waals surface area contributed by atoms with E-state index in [0.717, 1.165) is 18.4 Å². The first kappa shape index (κ1) is 17.0. The number of hydrogen-bond donors (Lipinski definition) is 0. The third-order valence-corrected chi connectivity index (χ3v) is 6.68. The van der Waals surface area contributed by atoms with Crippen molar-refractivity contribution in [2.24, 2.45) is 5.92 Å². The van der Waals surface area contributed by atoms with Crippen molar-refractivity contribution in [3.8, 4) is 0 Å². The summed E-state index contributed by atoms with van der Waals surface area (Å²) in [6, 6.07) is 9.34. The minimum atomic E-state index is -3.21. The van der Waals surface area contributed by atoms with Crippen LogP contribution < -0.4 is 0 Å². The number of carbonyl (C=O) groups excluding carboxylic acids is 1. The van der Waals surface area contributed by atoms with E-state index in [0.29, 0.717) is 19.5 Å². The smallest absolute Gasteiger partial charge is 0.225 e. The van der Waals surface area contributed by atoms with Crippen LogP contribution in [0, 0.1) is 5.92 Å². The fourth-order valence-corrected chi connectivity index (χ4v) is 4.90. The van der Waals surface area contributed by atoms with Gasteiger partial charge in [-0.25, -0.2) is 8.42 Å². The molecule has 0 saturated carbocycles. The molecule has 1 amide bonds. The van der Waals surface area contributed by atoms with Crippen LogP contribution in [0.1, 0.15) is 43.9 Å². The van der Waals surface area contributed by atoms with Crippen LogP contribution in [-0.4, -0.2) is 38.1 Å².